The van der Waals surface area contributed by atoms with E-state index in [4.69, 9.17) is 13.9 Å². The lowest BCUT2D eigenvalue weighted by molar-refractivity contribution is -0.115. The van der Waals surface area contributed by atoms with Crippen molar-refractivity contribution in [2.45, 2.75) is 24.3 Å². The first-order chi connectivity index (χ1) is 16.4. The molecule has 0 radical (unpaired) electrons. The van der Waals surface area contributed by atoms with Gasteiger partial charge in [-0.1, -0.05) is 30.0 Å². The highest BCUT2D eigenvalue weighted by molar-refractivity contribution is 8.00. The Kier molecular flexibility index (Phi) is 5.62. The van der Waals surface area contributed by atoms with Crippen molar-refractivity contribution in [3.63, 3.8) is 0 Å². The van der Waals surface area contributed by atoms with Gasteiger partial charge in [-0.25, -0.2) is 4.68 Å². The average molecular weight is 480 g/mol. The smallest absolute Gasteiger partial charge is 0.295 e. The SMILES string of the molecule is Cc1c(NC(=O)[C@H](C)Sc2nnc(-c3ccc4c(c3)OCO4)o2)c(=O)n(-c2ccccc2)n1C. The lowest BCUT2D eigenvalue weighted by Gasteiger charge is -2.09. The molecular weight excluding hydrogens is 458 g/mol. The summed E-state index contributed by atoms with van der Waals surface area (Å²) in [4.78, 5) is 25.9. The van der Waals surface area contributed by atoms with Gasteiger partial charge in [-0.2, -0.15) is 0 Å². The van der Waals surface area contributed by atoms with E-state index in [0.717, 1.165) is 11.8 Å². The molecule has 1 atom stereocenters. The zero-order chi connectivity index (χ0) is 23.8. The second-order valence-electron chi connectivity index (χ2n) is 7.63. The van der Waals surface area contributed by atoms with Crippen LogP contribution in [0, 0.1) is 6.92 Å². The highest BCUT2D eigenvalue weighted by Gasteiger charge is 2.24. The molecular formula is C23H21N5O5S. The summed E-state index contributed by atoms with van der Waals surface area (Å²) < 4.78 is 19.6. The number of para-hydroxylation sites is 1. The minimum atomic E-state index is -0.589. The van der Waals surface area contributed by atoms with Crippen LogP contribution in [-0.2, 0) is 11.8 Å². The Bertz CT molecular complexity index is 1430. The molecule has 174 valence electrons. The number of nitrogens with zero attached hydrogens (tertiary/aromatic N) is 4. The van der Waals surface area contributed by atoms with Gasteiger partial charge in [0.05, 0.1) is 16.6 Å². The minimum Gasteiger partial charge on any atom is -0.454 e. The van der Waals surface area contributed by atoms with Gasteiger partial charge >= 0.3 is 0 Å². The zero-order valence-corrected chi connectivity index (χ0v) is 19.5. The molecule has 0 saturated carbocycles. The molecule has 0 spiro atoms. The van der Waals surface area contributed by atoms with Crippen molar-refractivity contribution in [2.24, 2.45) is 7.05 Å². The van der Waals surface area contributed by atoms with Crippen molar-refractivity contribution in [1.82, 2.24) is 19.6 Å². The van der Waals surface area contributed by atoms with Crippen molar-refractivity contribution in [3.05, 3.63) is 64.6 Å². The van der Waals surface area contributed by atoms with Crippen LogP contribution in [-0.4, -0.2) is 37.5 Å². The number of benzene rings is 2. The van der Waals surface area contributed by atoms with E-state index in [1.165, 1.54) is 4.68 Å². The molecule has 1 aliphatic heterocycles. The van der Waals surface area contributed by atoms with Gasteiger partial charge in [0.25, 0.3) is 10.8 Å². The molecule has 4 aromatic rings. The highest BCUT2D eigenvalue weighted by Crippen LogP contribution is 2.36. The fourth-order valence-corrected chi connectivity index (χ4v) is 4.23. The van der Waals surface area contributed by atoms with Gasteiger partial charge in [-0.05, 0) is 44.2 Å². The Balaban J connectivity index is 1.30. The second kappa shape index (κ2) is 8.75. The molecule has 1 aliphatic rings. The van der Waals surface area contributed by atoms with Crippen molar-refractivity contribution in [1.29, 1.82) is 0 Å². The van der Waals surface area contributed by atoms with Crippen LogP contribution in [0.2, 0.25) is 0 Å². The predicted octanol–water partition coefficient (Wildman–Crippen LogP) is 3.38. The number of ether oxygens (including phenoxy) is 2. The molecule has 0 fully saturated rings. The monoisotopic (exact) mass is 479 g/mol. The van der Waals surface area contributed by atoms with Crippen LogP contribution in [0.25, 0.3) is 17.1 Å². The first-order valence-corrected chi connectivity index (χ1v) is 11.4. The summed E-state index contributed by atoms with van der Waals surface area (Å²) in [5.41, 5.74) is 1.96. The second-order valence-corrected chi connectivity index (χ2v) is 8.92. The third-order valence-corrected chi connectivity index (χ3v) is 6.41. The summed E-state index contributed by atoms with van der Waals surface area (Å²) in [5, 5.41) is 10.5. The third-order valence-electron chi connectivity index (χ3n) is 5.48. The van der Waals surface area contributed by atoms with E-state index < -0.39 is 5.25 Å². The molecule has 2 aromatic heterocycles. The van der Waals surface area contributed by atoms with E-state index in [2.05, 4.69) is 15.5 Å². The topological polar surface area (TPSA) is 113 Å². The van der Waals surface area contributed by atoms with Crippen LogP contribution in [0.5, 0.6) is 11.5 Å². The van der Waals surface area contributed by atoms with Crippen LogP contribution < -0.4 is 20.3 Å². The van der Waals surface area contributed by atoms with Crippen LogP contribution >= 0.6 is 11.8 Å². The zero-order valence-electron chi connectivity index (χ0n) is 18.6. The molecule has 2 aromatic carbocycles. The quantitative estimate of drug-likeness (QED) is 0.419. The van der Waals surface area contributed by atoms with E-state index in [-0.39, 0.29) is 29.2 Å². The molecule has 0 bridgehead atoms. The lowest BCUT2D eigenvalue weighted by atomic mass is 10.2. The Hall–Kier alpha value is -3.99. The number of hydrogen-bond acceptors (Lipinski definition) is 8. The fraction of sp³-hybridized carbons (Fsp3) is 0.217. The van der Waals surface area contributed by atoms with Gasteiger partial charge in [-0.3, -0.25) is 14.3 Å². The van der Waals surface area contributed by atoms with Crippen molar-refractivity contribution < 1.29 is 18.7 Å². The standard InChI is InChI=1S/C23H21N5O5S/c1-13-19(22(30)28(27(13)3)16-7-5-4-6-8-16)24-20(29)14(2)34-23-26-25-21(33-23)15-9-10-17-18(11-15)32-12-31-17/h4-11,14H,12H2,1-3H3,(H,24,29)/t14-/m0/s1. The molecule has 3 heterocycles. The molecule has 1 amide bonds. The fourth-order valence-electron chi connectivity index (χ4n) is 3.55. The summed E-state index contributed by atoms with van der Waals surface area (Å²) >= 11 is 1.11. The van der Waals surface area contributed by atoms with E-state index in [1.54, 1.807) is 43.8 Å². The minimum absolute atomic E-state index is 0.174. The molecule has 0 unspecified atom stereocenters. The number of rotatable bonds is 6. The van der Waals surface area contributed by atoms with Gasteiger partial charge in [0.15, 0.2) is 11.5 Å². The van der Waals surface area contributed by atoms with E-state index >= 15 is 0 Å². The third kappa shape index (κ3) is 3.94. The number of amides is 1. The molecule has 0 saturated heterocycles. The van der Waals surface area contributed by atoms with Gasteiger partial charge in [0.1, 0.15) is 5.69 Å². The van der Waals surface area contributed by atoms with Crippen molar-refractivity contribution in [3.8, 4) is 28.6 Å². The Labute approximate surface area is 198 Å². The summed E-state index contributed by atoms with van der Waals surface area (Å²) in [6.45, 7) is 3.66. The number of anilines is 1. The molecule has 34 heavy (non-hydrogen) atoms. The summed E-state index contributed by atoms with van der Waals surface area (Å²) in [5.74, 6) is 1.22. The van der Waals surface area contributed by atoms with Gasteiger partial charge in [0, 0.05) is 12.6 Å². The van der Waals surface area contributed by atoms with Gasteiger partial charge < -0.3 is 19.2 Å². The van der Waals surface area contributed by atoms with E-state index in [1.807, 2.05) is 30.3 Å². The first-order valence-electron chi connectivity index (χ1n) is 10.5. The Morgan fingerprint density at radius 1 is 1.12 bits per heavy atom. The summed E-state index contributed by atoms with van der Waals surface area (Å²) in [6.07, 6.45) is 0. The highest BCUT2D eigenvalue weighted by atomic mass is 32.2. The van der Waals surface area contributed by atoms with Crippen LogP contribution in [0.15, 0.2) is 63.0 Å². The molecule has 5 rings (SSSR count). The predicted molar refractivity (Wildman–Crippen MR) is 126 cm³/mol. The Morgan fingerprint density at radius 3 is 2.68 bits per heavy atom. The maximum atomic E-state index is 13.0. The van der Waals surface area contributed by atoms with Gasteiger partial charge in [-0.15, -0.1) is 10.2 Å². The average Bonchev–Trinajstić information content (AvgIpc) is 3.55. The normalized spacial score (nSPS) is 13.1. The number of nitrogens with one attached hydrogen (secondary N) is 1. The lowest BCUT2D eigenvalue weighted by Crippen LogP contribution is -2.27. The molecule has 11 heteroatoms. The van der Waals surface area contributed by atoms with Crippen molar-refractivity contribution >= 4 is 23.4 Å². The van der Waals surface area contributed by atoms with Crippen LogP contribution in [0.4, 0.5) is 5.69 Å². The Morgan fingerprint density at radius 2 is 1.88 bits per heavy atom. The number of aromatic nitrogens is 4. The maximum absolute atomic E-state index is 13.0. The molecule has 10 nitrogen and oxygen atoms in total. The largest absolute Gasteiger partial charge is 0.454 e. The van der Waals surface area contributed by atoms with Crippen LogP contribution in [0.3, 0.4) is 0 Å². The van der Waals surface area contributed by atoms with E-state index in [9.17, 15) is 9.59 Å². The maximum Gasteiger partial charge on any atom is 0.295 e. The number of thioether (sulfide) groups is 1. The summed E-state index contributed by atoms with van der Waals surface area (Å²) in [6, 6.07) is 14.6. The van der Waals surface area contributed by atoms with E-state index in [0.29, 0.717) is 34.3 Å². The van der Waals surface area contributed by atoms with Gasteiger partial charge in [0.2, 0.25) is 18.6 Å². The molecule has 0 aliphatic carbocycles. The number of carbonyl (C=O) groups is 1. The van der Waals surface area contributed by atoms with Crippen LogP contribution in [0.1, 0.15) is 12.6 Å². The number of carbonyl (C=O) groups excluding carboxylic acids is 1. The number of fused-ring (bicyclic) bond motifs is 1. The molecule has 1 N–H and O–H groups in total. The summed E-state index contributed by atoms with van der Waals surface area (Å²) in [7, 11) is 1.77. The van der Waals surface area contributed by atoms with Crippen molar-refractivity contribution in [2.75, 3.05) is 12.1 Å². The first kappa shape index (κ1) is 21.8. The number of hydrogen-bond donors (Lipinski definition) is 1.